The fourth-order valence-electron chi connectivity index (χ4n) is 5.34. The number of aromatic nitrogens is 1. The second kappa shape index (κ2) is 11.0. The van der Waals surface area contributed by atoms with E-state index in [1.807, 2.05) is 55.6 Å². The molecule has 2 saturated heterocycles. The first kappa shape index (κ1) is 26.8. The van der Waals surface area contributed by atoms with Crippen LogP contribution in [0.4, 0.5) is 0 Å². The van der Waals surface area contributed by atoms with Gasteiger partial charge in [-0.3, -0.25) is 19.4 Å². The summed E-state index contributed by atoms with van der Waals surface area (Å²) in [6, 6.07) is 14.4. The molecule has 0 aliphatic carbocycles. The van der Waals surface area contributed by atoms with Crippen molar-refractivity contribution >= 4 is 17.7 Å². The molecule has 3 N–H and O–H groups in total. The number of rotatable bonds is 9. The third-order valence-electron chi connectivity index (χ3n) is 7.39. The van der Waals surface area contributed by atoms with Gasteiger partial charge in [0.25, 0.3) is 0 Å². The minimum Gasteiger partial charge on any atom is -0.374 e. The lowest BCUT2D eigenvalue weighted by atomic mass is 9.69. The SMILES string of the molecule is CN1CC2CCN(C(=O)[C@@H](COCc3ccccc3)NC(=O)C(C)(C)N)CC2(Cc2ccccn2)C1=O. The first-order valence-electron chi connectivity index (χ1n) is 12.8. The molecule has 3 atom stereocenters. The summed E-state index contributed by atoms with van der Waals surface area (Å²) in [6.07, 6.45) is 2.88. The fourth-order valence-corrected chi connectivity index (χ4v) is 5.34. The molecular weight excluding hydrogens is 470 g/mol. The summed E-state index contributed by atoms with van der Waals surface area (Å²) in [6.45, 7) is 4.93. The molecule has 0 saturated carbocycles. The van der Waals surface area contributed by atoms with E-state index in [1.165, 1.54) is 0 Å². The molecule has 2 aromatic rings. The summed E-state index contributed by atoms with van der Waals surface area (Å²) in [7, 11) is 1.82. The lowest BCUT2D eigenvalue weighted by molar-refractivity contribution is -0.147. The molecule has 37 heavy (non-hydrogen) atoms. The molecule has 9 heteroatoms. The molecule has 2 aliphatic heterocycles. The van der Waals surface area contributed by atoms with E-state index in [1.54, 1.807) is 29.8 Å². The maximum absolute atomic E-state index is 13.8. The number of fused-ring (bicyclic) bond motifs is 1. The van der Waals surface area contributed by atoms with E-state index in [0.717, 1.165) is 11.3 Å². The molecule has 0 radical (unpaired) electrons. The highest BCUT2D eigenvalue weighted by Gasteiger charge is 2.56. The van der Waals surface area contributed by atoms with Crippen molar-refractivity contribution in [1.29, 1.82) is 0 Å². The van der Waals surface area contributed by atoms with E-state index < -0.39 is 22.9 Å². The first-order valence-corrected chi connectivity index (χ1v) is 12.8. The molecule has 2 aliphatic rings. The number of benzene rings is 1. The minimum absolute atomic E-state index is 0.00341. The summed E-state index contributed by atoms with van der Waals surface area (Å²) < 4.78 is 5.86. The Labute approximate surface area is 218 Å². The molecule has 9 nitrogen and oxygen atoms in total. The van der Waals surface area contributed by atoms with Gasteiger partial charge in [0.15, 0.2) is 0 Å². The van der Waals surface area contributed by atoms with Gasteiger partial charge < -0.3 is 25.6 Å². The van der Waals surface area contributed by atoms with Crippen molar-refractivity contribution in [2.24, 2.45) is 17.1 Å². The van der Waals surface area contributed by atoms with Crippen LogP contribution in [0.1, 0.15) is 31.5 Å². The summed E-state index contributed by atoms with van der Waals surface area (Å²) >= 11 is 0. The molecule has 3 amide bonds. The summed E-state index contributed by atoms with van der Waals surface area (Å²) in [5.74, 6) is -0.554. The van der Waals surface area contributed by atoms with Crippen molar-refractivity contribution < 1.29 is 19.1 Å². The van der Waals surface area contributed by atoms with Crippen LogP contribution in [0, 0.1) is 11.3 Å². The van der Waals surface area contributed by atoms with Gasteiger partial charge >= 0.3 is 0 Å². The van der Waals surface area contributed by atoms with Crippen molar-refractivity contribution in [2.75, 3.05) is 33.3 Å². The number of carbonyl (C=O) groups is 3. The lowest BCUT2D eigenvalue weighted by Gasteiger charge is -2.43. The monoisotopic (exact) mass is 507 g/mol. The zero-order chi connectivity index (χ0) is 26.6. The summed E-state index contributed by atoms with van der Waals surface area (Å²) in [4.78, 5) is 48.0. The number of piperidine rings is 1. The van der Waals surface area contributed by atoms with Crippen LogP contribution in [0.15, 0.2) is 54.7 Å². The summed E-state index contributed by atoms with van der Waals surface area (Å²) in [5.41, 5.74) is 5.89. The molecule has 0 bridgehead atoms. The molecule has 2 fully saturated rings. The van der Waals surface area contributed by atoms with Gasteiger partial charge in [-0.15, -0.1) is 0 Å². The number of likely N-dealkylation sites (tertiary alicyclic amines) is 2. The number of hydrogen-bond acceptors (Lipinski definition) is 6. The van der Waals surface area contributed by atoms with E-state index in [-0.39, 0.29) is 30.9 Å². The second-order valence-corrected chi connectivity index (χ2v) is 10.8. The lowest BCUT2D eigenvalue weighted by Crippen LogP contribution is -2.61. The number of ether oxygens (including phenoxy) is 1. The van der Waals surface area contributed by atoms with Gasteiger partial charge in [-0.05, 0) is 43.9 Å². The highest BCUT2D eigenvalue weighted by Crippen LogP contribution is 2.45. The maximum Gasteiger partial charge on any atom is 0.247 e. The van der Waals surface area contributed by atoms with Crippen LogP contribution in [0.5, 0.6) is 0 Å². The average Bonchev–Trinajstić information content (AvgIpc) is 3.12. The predicted molar refractivity (Wildman–Crippen MR) is 139 cm³/mol. The van der Waals surface area contributed by atoms with Crippen LogP contribution >= 0.6 is 0 Å². The Morgan fingerprint density at radius 1 is 1.22 bits per heavy atom. The number of nitrogens with two attached hydrogens (primary N) is 1. The molecule has 1 aromatic heterocycles. The number of nitrogens with one attached hydrogen (secondary N) is 1. The Kier molecular flexibility index (Phi) is 7.94. The maximum atomic E-state index is 13.8. The van der Waals surface area contributed by atoms with Crippen LogP contribution in [0.2, 0.25) is 0 Å². The third-order valence-corrected chi connectivity index (χ3v) is 7.39. The number of hydrogen-bond donors (Lipinski definition) is 2. The predicted octanol–water partition coefficient (Wildman–Crippen LogP) is 1.37. The fraction of sp³-hybridized carbons (Fsp3) is 0.500. The van der Waals surface area contributed by atoms with Crippen LogP contribution < -0.4 is 11.1 Å². The molecule has 1 aromatic carbocycles. The molecule has 2 unspecified atom stereocenters. The van der Waals surface area contributed by atoms with Crippen LogP contribution in [-0.4, -0.2) is 77.4 Å². The Hall–Kier alpha value is -3.30. The first-order chi connectivity index (χ1) is 17.6. The van der Waals surface area contributed by atoms with E-state index in [4.69, 9.17) is 10.5 Å². The van der Waals surface area contributed by atoms with E-state index >= 15 is 0 Å². The molecule has 4 rings (SSSR count). The van der Waals surface area contributed by atoms with E-state index in [2.05, 4.69) is 10.3 Å². The third kappa shape index (κ3) is 5.99. The van der Waals surface area contributed by atoms with Gasteiger partial charge in [0.1, 0.15) is 6.04 Å². The zero-order valence-electron chi connectivity index (χ0n) is 21.9. The Morgan fingerprint density at radius 3 is 2.62 bits per heavy atom. The smallest absolute Gasteiger partial charge is 0.247 e. The second-order valence-electron chi connectivity index (χ2n) is 10.8. The zero-order valence-corrected chi connectivity index (χ0v) is 21.9. The number of nitrogens with zero attached hydrogens (tertiary/aromatic N) is 3. The van der Waals surface area contributed by atoms with Gasteiger partial charge in [-0.25, -0.2) is 0 Å². The van der Waals surface area contributed by atoms with E-state index in [9.17, 15) is 14.4 Å². The minimum atomic E-state index is -1.16. The van der Waals surface area contributed by atoms with Crippen LogP contribution in [-0.2, 0) is 32.1 Å². The molecule has 3 heterocycles. The van der Waals surface area contributed by atoms with Crippen molar-refractivity contribution in [1.82, 2.24) is 20.1 Å². The topological polar surface area (TPSA) is 118 Å². The summed E-state index contributed by atoms with van der Waals surface area (Å²) in [5, 5.41) is 2.79. The number of pyridine rings is 1. The largest absolute Gasteiger partial charge is 0.374 e. The Morgan fingerprint density at radius 2 is 1.95 bits per heavy atom. The van der Waals surface area contributed by atoms with Gasteiger partial charge in [0.05, 0.1) is 24.2 Å². The van der Waals surface area contributed by atoms with Crippen molar-refractivity contribution in [3.8, 4) is 0 Å². The number of carbonyl (C=O) groups excluding carboxylic acids is 3. The van der Waals surface area contributed by atoms with Gasteiger partial charge in [0, 0.05) is 45.0 Å². The van der Waals surface area contributed by atoms with Gasteiger partial charge in [-0.2, -0.15) is 0 Å². The quantitative estimate of drug-likeness (QED) is 0.529. The van der Waals surface area contributed by atoms with Crippen LogP contribution in [0.3, 0.4) is 0 Å². The highest BCUT2D eigenvalue weighted by molar-refractivity contribution is 5.92. The molecule has 198 valence electrons. The van der Waals surface area contributed by atoms with Crippen molar-refractivity contribution in [3.05, 3.63) is 66.0 Å². The highest BCUT2D eigenvalue weighted by atomic mass is 16.5. The molecule has 0 spiro atoms. The Bertz CT molecular complexity index is 1100. The van der Waals surface area contributed by atoms with Crippen molar-refractivity contribution in [3.63, 3.8) is 0 Å². The van der Waals surface area contributed by atoms with Crippen LogP contribution in [0.25, 0.3) is 0 Å². The van der Waals surface area contributed by atoms with Crippen molar-refractivity contribution in [2.45, 2.75) is 44.9 Å². The normalized spacial score (nSPS) is 22.5. The van der Waals surface area contributed by atoms with E-state index in [0.29, 0.717) is 32.5 Å². The Balaban J connectivity index is 1.53. The van der Waals surface area contributed by atoms with Gasteiger partial charge in [-0.1, -0.05) is 36.4 Å². The standard InChI is InChI=1S/C28H37N5O4/c1-27(2,29)25(35)31-23(18-37-17-20-9-5-4-6-10-20)24(34)33-14-12-21-16-32(3)26(36)28(21,19-33)15-22-11-7-8-13-30-22/h4-11,13,21,23H,12,14-19,29H2,1-3H3,(H,31,35)/t21?,23-,28?/m1/s1. The average molecular weight is 508 g/mol. The van der Waals surface area contributed by atoms with Gasteiger partial charge in [0.2, 0.25) is 17.7 Å². The molecular formula is C28H37N5O4. The number of amides is 3.